The monoisotopic (exact) mass is 348 g/mol. The SMILES string of the molecule is Cc1ccc(C(=O)O[C@@H](C)C(=O)N2CCC[C@H](C(N)=O)C2)c(O)c1C. The molecule has 1 saturated heterocycles. The molecule has 1 heterocycles. The molecule has 0 radical (unpaired) electrons. The number of likely N-dealkylation sites (tertiary alicyclic amines) is 1. The first kappa shape index (κ1) is 18.8. The molecule has 0 bridgehead atoms. The molecule has 7 nitrogen and oxygen atoms in total. The molecule has 0 aromatic heterocycles. The number of nitrogens with zero attached hydrogens (tertiary/aromatic N) is 1. The van der Waals surface area contributed by atoms with Crippen LogP contribution in [-0.2, 0) is 14.3 Å². The summed E-state index contributed by atoms with van der Waals surface area (Å²) >= 11 is 0. The number of esters is 1. The number of nitrogens with two attached hydrogens (primary N) is 1. The van der Waals surface area contributed by atoms with Crippen molar-refractivity contribution in [1.29, 1.82) is 0 Å². The number of rotatable bonds is 4. The Morgan fingerprint density at radius 2 is 2.00 bits per heavy atom. The lowest BCUT2D eigenvalue weighted by Gasteiger charge is -2.32. The maximum absolute atomic E-state index is 12.5. The van der Waals surface area contributed by atoms with Crippen LogP contribution in [0.2, 0.25) is 0 Å². The van der Waals surface area contributed by atoms with Gasteiger partial charge in [-0.2, -0.15) is 0 Å². The third kappa shape index (κ3) is 4.10. The molecule has 136 valence electrons. The van der Waals surface area contributed by atoms with E-state index in [1.54, 1.807) is 13.0 Å². The molecule has 1 aliphatic heterocycles. The molecule has 2 rings (SSSR count). The molecule has 1 aliphatic rings. The van der Waals surface area contributed by atoms with Crippen molar-refractivity contribution < 1.29 is 24.2 Å². The van der Waals surface area contributed by atoms with Gasteiger partial charge in [-0.15, -0.1) is 0 Å². The highest BCUT2D eigenvalue weighted by molar-refractivity contribution is 5.95. The van der Waals surface area contributed by atoms with E-state index in [1.165, 1.54) is 17.9 Å². The lowest BCUT2D eigenvalue weighted by atomic mass is 9.97. The number of primary amides is 1. The fourth-order valence-electron chi connectivity index (χ4n) is 2.91. The van der Waals surface area contributed by atoms with Gasteiger partial charge in [0.15, 0.2) is 6.10 Å². The highest BCUT2D eigenvalue weighted by Crippen LogP contribution is 2.26. The molecule has 7 heteroatoms. The number of carbonyl (C=O) groups is 3. The van der Waals surface area contributed by atoms with E-state index in [2.05, 4.69) is 0 Å². The molecule has 1 aromatic rings. The van der Waals surface area contributed by atoms with Gasteiger partial charge < -0.3 is 20.5 Å². The molecule has 0 saturated carbocycles. The summed E-state index contributed by atoms with van der Waals surface area (Å²) in [7, 11) is 0. The largest absolute Gasteiger partial charge is 0.507 e. The fourth-order valence-corrected chi connectivity index (χ4v) is 2.91. The standard InChI is InChI=1S/C18H24N2O5/c1-10-6-7-14(15(21)11(10)2)18(24)25-12(3)17(23)20-8-4-5-13(9-20)16(19)22/h6-7,12-13,21H,4-5,8-9H2,1-3H3,(H2,19,22)/t12-,13-/m0/s1. The molecule has 25 heavy (non-hydrogen) atoms. The second kappa shape index (κ2) is 7.55. The van der Waals surface area contributed by atoms with Crippen molar-refractivity contribution in [3.63, 3.8) is 0 Å². The van der Waals surface area contributed by atoms with E-state index in [4.69, 9.17) is 10.5 Å². The van der Waals surface area contributed by atoms with E-state index in [1.807, 2.05) is 6.92 Å². The molecule has 1 fully saturated rings. The van der Waals surface area contributed by atoms with Crippen LogP contribution in [-0.4, -0.2) is 47.0 Å². The molecule has 0 aliphatic carbocycles. The van der Waals surface area contributed by atoms with Gasteiger partial charge in [-0.3, -0.25) is 9.59 Å². The van der Waals surface area contributed by atoms with Gasteiger partial charge in [0.1, 0.15) is 11.3 Å². The predicted octanol–water partition coefficient (Wildman–Crippen LogP) is 1.28. The van der Waals surface area contributed by atoms with Crippen LogP contribution in [0.3, 0.4) is 0 Å². The summed E-state index contributed by atoms with van der Waals surface area (Å²) in [5, 5.41) is 10.1. The van der Waals surface area contributed by atoms with Gasteiger partial charge in [0.2, 0.25) is 5.91 Å². The van der Waals surface area contributed by atoms with Crippen molar-refractivity contribution in [2.24, 2.45) is 11.7 Å². The van der Waals surface area contributed by atoms with Crippen molar-refractivity contribution in [2.45, 2.75) is 39.7 Å². The number of phenols is 1. The smallest absolute Gasteiger partial charge is 0.342 e. The normalized spacial score (nSPS) is 18.5. The second-order valence-corrected chi connectivity index (χ2v) is 6.48. The van der Waals surface area contributed by atoms with Gasteiger partial charge in [0, 0.05) is 13.1 Å². The Morgan fingerprint density at radius 3 is 2.64 bits per heavy atom. The van der Waals surface area contributed by atoms with Crippen molar-refractivity contribution in [3.8, 4) is 5.75 Å². The molecular weight excluding hydrogens is 324 g/mol. The molecule has 0 spiro atoms. The maximum Gasteiger partial charge on any atom is 0.342 e. The van der Waals surface area contributed by atoms with Crippen LogP contribution in [0.25, 0.3) is 0 Å². The topological polar surface area (TPSA) is 110 Å². The van der Waals surface area contributed by atoms with Crippen LogP contribution < -0.4 is 5.73 Å². The molecule has 2 atom stereocenters. The molecule has 3 N–H and O–H groups in total. The average molecular weight is 348 g/mol. The number of aromatic hydroxyl groups is 1. The average Bonchev–Trinajstić information content (AvgIpc) is 2.59. The number of hydrogen-bond acceptors (Lipinski definition) is 5. The highest BCUT2D eigenvalue weighted by atomic mass is 16.5. The number of piperidine rings is 1. The van der Waals surface area contributed by atoms with Crippen LogP contribution in [0.15, 0.2) is 12.1 Å². The molecular formula is C18H24N2O5. The quantitative estimate of drug-likeness (QED) is 0.797. The lowest BCUT2D eigenvalue weighted by Crippen LogP contribution is -2.48. The molecule has 1 aromatic carbocycles. The first-order chi connectivity index (χ1) is 11.7. The minimum atomic E-state index is -1.01. The van der Waals surface area contributed by atoms with E-state index in [-0.39, 0.29) is 29.7 Å². The van der Waals surface area contributed by atoms with Crippen LogP contribution >= 0.6 is 0 Å². The summed E-state index contributed by atoms with van der Waals surface area (Å²) < 4.78 is 5.22. The number of benzene rings is 1. The number of ether oxygens (including phenoxy) is 1. The van der Waals surface area contributed by atoms with E-state index in [0.29, 0.717) is 24.9 Å². The van der Waals surface area contributed by atoms with Gasteiger partial charge in [-0.05, 0) is 50.8 Å². The van der Waals surface area contributed by atoms with Crippen molar-refractivity contribution in [1.82, 2.24) is 4.90 Å². The van der Waals surface area contributed by atoms with E-state index in [0.717, 1.165) is 5.56 Å². The molecule has 0 unspecified atom stereocenters. The minimum absolute atomic E-state index is 0.0245. The first-order valence-corrected chi connectivity index (χ1v) is 8.30. The zero-order valence-electron chi connectivity index (χ0n) is 14.7. The van der Waals surface area contributed by atoms with Gasteiger partial charge in [0.05, 0.1) is 5.92 Å². The van der Waals surface area contributed by atoms with Crippen molar-refractivity contribution in [2.75, 3.05) is 13.1 Å². The number of phenolic OH excluding ortho intramolecular Hbond substituents is 1. The van der Waals surface area contributed by atoms with Crippen molar-refractivity contribution in [3.05, 3.63) is 28.8 Å². The summed E-state index contributed by atoms with van der Waals surface area (Å²) in [6, 6.07) is 3.18. The zero-order chi connectivity index (χ0) is 18.7. The number of aryl methyl sites for hydroxylation is 1. The summed E-state index contributed by atoms with van der Waals surface area (Å²) in [6.07, 6.45) is 0.321. The number of carbonyl (C=O) groups excluding carboxylic acids is 3. The third-order valence-electron chi connectivity index (χ3n) is 4.69. The fraction of sp³-hybridized carbons (Fsp3) is 0.500. The predicted molar refractivity (Wildman–Crippen MR) is 91.0 cm³/mol. The zero-order valence-corrected chi connectivity index (χ0v) is 14.7. The van der Waals surface area contributed by atoms with Gasteiger partial charge in [-0.25, -0.2) is 4.79 Å². The van der Waals surface area contributed by atoms with Crippen LogP contribution in [0, 0.1) is 19.8 Å². The Balaban J connectivity index is 2.05. The number of hydrogen-bond donors (Lipinski definition) is 2. The summed E-state index contributed by atoms with van der Waals surface area (Å²) in [5.41, 5.74) is 6.78. The Labute approximate surface area is 146 Å². The van der Waals surface area contributed by atoms with Crippen LogP contribution in [0.4, 0.5) is 0 Å². The van der Waals surface area contributed by atoms with Gasteiger partial charge >= 0.3 is 5.97 Å². The summed E-state index contributed by atoms with van der Waals surface area (Å²) in [5.74, 6) is -2.07. The van der Waals surface area contributed by atoms with Crippen LogP contribution in [0.1, 0.15) is 41.3 Å². The third-order valence-corrected chi connectivity index (χ3v) is 4.69. The van der Waals surface area contributed by atoms with Crippen molar-refractivity contribution >= 4 is 17.8 Å². The van der Waals surface area contributed by atoms with E-state index in [9.17, 15) is 19.5 Å². The highest BCUT2D eigenvalue weighted by Gasteiger charge is 2.31. The first-order valence-electron chi connectivity index (χ1n) is 8.30. The number of amides is 2. The van der Waals surface area contributed by atoms with E-state index >= 15 is 0 Å². The maximum atomic E-state index is 12.5. The Morgan fingerprint density at radius 1 is 1.32 bits per heavy atom. The summed E-state index contributed by atoms with van der Waals surface area (Å²) in [6.45, 7) is 5.74. The second-order valence-electron chi connectivity index (χ2n) is 6.48. The Hall–Kier alpha value is -2.57. The molecule has 2 amide bonds. The lowest BCUT2D eigenvalue weighted by molar-refractivity contribution is -0.142. The van der Waals surface area contributed by atoms with E-state index < -0.39 is 18.0 Å². The van der Waals surface area contributed by atoms with Gasteiger partial charge in [-0.1, -0.05) is 6.07 Å². The van der Waals surface area contributed by atoms with Crippen LogP contribution in [0.5, 0.6) is 5.75 Å². The van der Waals surface area contributed by atoms with Gasteiger partial charge in [0.25, 0.3) is 5.91 Å². The summed E-state index contributed by atoms with van der Waals surface area (Å²) in [4.78, 5) is 37.6. The Bertz CT molecular complexity index is 701. The Kier molecular flexibility index (Phi) is 5.66. The minimum Gasteiger partial charge on any atom is -0.507 e.